The second kappa shape index (κ2) is 7.83. The van der Waals surface area contributed by atoms with Crippen molar-refractivity contribution in [2.75, 3.05) is 31.1 Å². The van der Waals surface area contributed by atoms with Crippen LogP contribution < -0.4 is 11.1 Å². The number of nitrogens with two attached hydrogens (primary N) is 1. The third-order valence-corrected chi connectivity index (χ3v) is 6.10. The number of hydrogen-bond donors (Lipinski definition) is 3. The summed E-state index contributed by atoms with van der Waals surface area (Å²) in [5.41, 5.74) is 9.67. The molecule has 0 bridgehead atoms. The van der Waals surface area contributed by atoms with Crippen LogP contribution in [0, 0.1) is 5.92 Å². The highest BCUT2D eigenvalue weighted by Gasteiger charge is 2.33. The van der Waals surface area contributed by atoms with E-state index in [1.807, 2.05) is 11.8 Å². The van der Waals surface area contributed by atoms with E-state index in [1.165, 1.54) is 29.7 Å². The number of nitrogens with zero attached hydrogens (tertiary/aromatic N) is 2. The normalized spacial score (nSPS) is 30.6. The van der Waals surface area contributed by atoms with Gasteiger partial charge in [-0.05, 0) is 35.5 Å². The Morgan fingerprint density at radius 2 is 2.35 bits per heavy atom. The molecule has 2 aliphatic heterocycles. The minimum Gasteiger partial charge on any atom is -0.391 e. The van der Waals surface area contributed by atoms with Crippen LogP contribution in [0.25, 0.3) is 0 Å². The first kappa shape index (κ1) is 17.0. The fourth-order valence-corrected chi connectivity index (χ4v) is 4.76. The number of likely N-dealkylation sites (tertiary alicyclic amines) is 1. The quantitative estimate of drug-likeness (QED) is 0.611. The second-order valence-corrected chi connectivity index (χ2v) is 7.80. The molecule has 0 radical (unpaired) electrons. The largest absolute Gasteiger partial charge is 0.391 e. The van der Waals surface area contributed by atoms with Crippen molar-refractivity contribution in [1.82, 2.24) is 10.2 Å². The van der Waals surface area contributed by atoms with Crippen LogP contribution in [-0.2, 0) is 0 Å². The predicted molar refractivity (Wildman–Crippen MR) is 97.5 cm³/mol. The van der Waals surface area contributed by atoms with E-state index in [-0.39, 0.29) is 12.3 Å². The molecule has 3 aliphatic rings. The molecule has 3 rings (SSSR count). The summed E-state index contributed by atoms with van der Waals surface area (Å²) >= 11 is 1.99. The summed E-state index contributed by atoms with van der Waals surface area (Å²) in [7, 11) is 0. The van der Waals surface area contributed by atoms with Gasteiger partial charge in [-0.1, -0.05) is 19.4 Å². The molecule has 128 valence electrons. The van der Waals surface area contributed by atoms with Gasteiger partial charge in [-0.2, -0.15) is 11.8 Å². The molecule has 0 amide bonds. The molecule has 4 N–H and O–H groups in total. The molecule has 6 heteroatoms. The van der Waals surface area contributed by atoms with Crippen molar-refractivity contribution in [3.05, 3.63) is 22.9 Å². The Kier molecular flexibility index (Phi) is 5.80. The van der Waals surface area contributed by atoms with E-state index in [2.05, 4.69) is 28.2 Å². The summed E-state index contributed by atoms with van der Waals surface area (Å²) in [5, 5.41) is 13.6. The molecule has 3 atom stereocenters. The summed E-state index contributed by atoms with van der Waals surface area (Å²) in [6.07, 6.45) is 6.97. The highest BCUT2D eigenvalue weighted by Crippen LogP contribution is 2.30. The lowest BCUT2D eigenvalue weighted by Gasteiger charge is -2.22. The van der Waals surface area contributed by atoms with Gasteiger partial charge < -0.3 is 16.2 Å². The minimum absolute atomic E-state index is 0.192. The van der Waals surface area contributed by atoms with Crippen molar-refractivity contribution in [1.29, 1.82) is 0 Å². The molecule has 0 aromatic carbocycles. The lowest BCUT2D eigenvalue weighted by molar-refractivity contribution is 0.151. The Labute approximate surface area is 143 Å². The lowest BCUT2D eigenvalue weighted by Crippen LogP contribution is -2.32. The van der Waals surface area contributed by atoms with Crippen molar-refractivity contribution < 1.29 is 5.11 Å². The van der Waals surface area contributed by atoms with Crippen LogP contribution in [0.4, 0.5) is 0 Å². The van der Waals surface area contributed by atoms with Crippen LogP contribution in [0.3, 0.4) is 0 Å². The summed E-state index contributed by atoms with van der Waals surface area (Å²) in [6, 6.07) is 0. The minimum atomic E-state index is -0.202. The van der Waals surface area contributed by atoms with Crippen molar-refractivity contribution in [2.45, 2.75) is 38.5 Å². The first-order valence-electron chi connectivity index (χ1n) is 8.63. The fraction of sp³-hybridized carbons (Fsp3) is 0.706. The number of thioether (sulfide) groups is 1. The van der Waals surface area contributed by atoms with Gasteiger partial charge in [0.15, 0.2) is 0 Å². The molecule has 2 heterocycles. The van der Waals surface area contributed by atoms with Crippen LogP contribution in [0.15, 0.2) is 27.9 Å². The Balaban J connectivity index is 1.50. The number of allylic oxidation sites excluding steroid dienone is 1. The maximum Gasteiger partial charge on any atom is 0.123 e. The van der Waals surface area contributed by atoms with Gasteiger partial charge >= 0.3 is 0 Å². The number of hydrogen-bond acceptors (Lipinski definition) is 6. The van der Waals surface area contributed by atoms with Crippen LogP contribution in [0.2, 0.25) is 0 Å². The summed E-state index contributed by atoms with van der Waals surface area (Å²) in [5.74, 6) is 2.68. The number of aliphatic hydroxyl groups is 1. The molecule has 3 unspecified atom stereocenters. The number of aliphatic hydroxyl groups excluding tert-OH is 1. The van der Waals surface area contributed by atoms with Crippen molar-refractivity contribution >= 4 is 18.1 Å². The van der Waals surface area contributed by atoms with Gasteiger partial charge in [-0.3, -0.25) is 9.89 Å². The van der Waals surface area contributed by atoms with E-state index >= 15 is 0 Å². The third-order valence-electron chi connectivity index (χ3n) is 4.86. The van der Waals surface area contributed by atoms with E-state index in [9.17, 15) is 5.11 Å². The van der Waals surface area contributed by atoms with Crippen molar-refractivity contribution in [3.63, 3.8) is 0 Å². The van der Waals surface area contributed by atoms with Crippen molar-refractivity contribution in [2.24, 2.45) is 16.6 Å². The third kappa shape index (κ3) is 3.99. The summed E-state index contributed by atoms with van der Waals surface area (Å²) in [4.78, 5) is 6.58. The smallest absolute Gasteiger partial charge is 0.123 e. The molecule has 5 nitrogen and oxygen atoms in total. The summed E-state index contributed by atoms with van der Waals surface area (Å²) in [6.45, 7) is 4.87. The average molecular weight is 337 g/mol. The molecule has 1 aliphatic carbocycles. The maximum absolute atomic E-state index is 10.3. The Hall–Kier alpha value is -0.820. The number of β-amino-alcohol motifs (C(OH)–C–C–N with tert-alkyl or cyclic N) is 1. The van der Waals surface area contributed by atoms with Gasteiger partial charge in [0.05, 0.1) is 12.4 Å². The van der Waals surface area contributed by atoms with E-state index < -0.39 is 0 Å². The lowest BCUT2D eigenvalue weighted by atomic mass is 10.1. The van der Waals surface area contributed by atoms with Gasteiger partial charge in [0.25, 0.3) is 0 Å². The monoisotopic (exact) mass is 336 g/mol. The SMILES string of the molecule is CCCCSCC1CN(CC2=CCC3=C2NC=NC3N)CC1O. The Bertz CT molecular complexity index is 517. The van der Waals surface area contributed by atoms with E-state index in [0.29, 0.717) is 5.92 Å². The Morgan fingerprint density at radius 3 is 3.17 bits per heavy atom. The topological polar surface area (TPSA) is 73.9 Å². The standard InChI is InChI=1S/C17H28N4OS/c1-2-3-6-23-10-13-8-21(9-15(13)22)7-12-4-5-14-16(12)19-11-20-17(14)18/h4,11,13,15,17,22H,2-3,5-10,18H2,1H3,(H,19,20). The highest BCUT2D eigenvalue weighted by atomic mass is 32.2. The van der Waals surface area contributed by atoms with E-state index in [1.54, 1.807) is 6.34 Å². The van der Waals surface area contributed by atoms with E-state index in [0.717, 1.165) is 37.5 Å². The maximum atomic E-state index is 10.3. The van der Waals surface area contributed by atoms with Crippen LogP contribution in [0.1, 0.15) is 26.2 Å². The van der Waals surface area contributed by atoms with Crippen LogP contribution in [0.5, 0.6) is 0 Å². The highest BCUT2D eigenvalue weighted by molar-refractivity contribution is 7.99. The zero-order valence-electron chi connectivity index (χ0n) is 13.9. The zero-order valence-corrected chi connectivity index (χ0v) is 14.7. The van der Waals surface area contributed by atoms with Gasteiger partial charge in [-0.25, -0.2) is 0 Å². The first-order valence-corrected chi connectivity index (χ1v) is 9.79. The molecule has 0 aromatic rings. The molecule has 0 aromatic heterocycles. The van der Waals surface area contributed by atoms with Crippen LogP contribution >= 0.6 is 11.8 Å². The first-order chi connectivity index (χ1) is 11.2. The predicted octanol–water partition coefficient (Wildman–Crippen LogP) is 1.31. The number of aliphatic imine (C=N–C) groups is 1. The molecule has 1 saturated heterocycles. The molecule has 0 spiro atoms. The fourth-order valence-electron chi connectivity index (χ4n) is 3.47. The van der Waals surface area contributed by atoms with Gasteiger partial charge in [0, 0.05) is 31.2 Å². The molecule has 1 fully saturated rings. The van der Waals surface area contributed by atoms with Crippen molar-refractivity contribution in [3.8, 4) is 0 Å². The number of unbranched alkanes of at least 4 members (excludes halogenated alkanes) is 1. The van der Waals surface area contributed by atoms with Gasteiger partial charge in [-0.15, -0.1) is 0 Å². The number of rotatable bonds is 7. The average Bonchev–Trinajstić information content (AvgIpc) is 3.09. The van der Waals surface area contributed by atoms with Crippen LogP contribution in [-0.4, -0.2) is 59.8 Å². The van der Waals surface area contributed by atoms with Gasteiger partial charge in [0.1, 0.15) is 6.17 Å². The molecular weight excluding hydrogens is 308 g/mol. The Morgan fingerprint density at radius 1 is 1.48 bits per heavy atom. The zero-order chi connectivity index (χ0) is 16.2. The van der Waals surface area contributed by atoms with Gasteiger partial charge in [0.2, 0.25) is 0 Å². The molecule has 23 heavy (non-hydrogen) atoms. The molecular formula is C17H28N4OS. The second-order valence-electron chi connectivity index (χ2n) is 6.65. The molecule has 0 saturated carbocycles. The number of nitrogens with one attached hydrogen (secondary N) is 1. The summed E-state index contributed by atoms with van der Waals surface area (Å²) < 4.78 is 0. The van der Waals surface area contributed by atoms with E-state index in [4.69, 9.17) is 5.73 Å².